The lowest BCUT2D eigenvalue weighted by atomic mass is 9.83. The van der Waals surface area contributed by atoms with Crippen LogP contribution in [0, 0.1) is 11.7 Å². The molecule has 2 aromatic carbocycles. The molecule has 0 bridgehead atoms. The molecule has 0 N–H and O–H groups in total. The van der Waals surface area contributed by atoms with Gasteiger partial charge in [0.2, 0.25) is 5.91 Å². The van der Waals surface area contributed by atoms with Crippen LogP contribution in [0.2, 0.25) is 0 Å². The van der Waals surface area contributed by atoms with E-state index < -0.39 is 47.5 Å². The maximum absolute atomic E-state index is 13.6. The molecule has 2 aromatic rings. The van der Waals surface area contributed by atoms with Crippen molar-refractivity contribution in [1.82, 2.24) is 4.90 Å². The Morgan fingerprint density at radius 1 is 1.15 bits per heavy atom. The number of benzene rings is 2. The Morgan fingerprint density at radius 3 is 2.52 bits per heavy atom. The van der Waals surface area contributed by atoms with Crippen molar-refractivity contribution in [3.05, 3.63) is 71.0 Å². The lowest BCUT2D eigenvalue weighted by molar-refractivity contribution is -0.138. The van der Waals surface area contributed by atoms with E-state index in [0.717, 1.165) is 6.07 Å². The average Bonchev–Trinajstić information content (AvgIpc) is 2.90. The number of hydrogen-bond acceptors (Lipinski definition) is 2. The van der Waals surface area contributed by atoms with Crippen LogP contribution in [0.25, 0.3) is 0 Å². The Hall–Kier alpha value is -2.70. The SMILES string of the molecule is CN1C[C@H](c2cccc(F)c2)[C@@H](C(=O)Cc2ccccc2C(F)(F)F)C1=O. The summed E-state index contributed by atoms with van der Waals surface area (Å²) in [5, 5.41) is 0. The van der Waals surface area contributed by atoms with Gasteiger partial charge >= 0.3 is 6.18 Å². The van der Waals surface area contributed by atoms with Gasteiger partial charge in [-0.05, 0) is 29.3 Å². The van der Waals surface area contributed by atoms with E-state index in [-0.39, 0.29) is 12.1 Å². The number of amides is 1. The standard InChI is InChI=1S/C20H17F4NO2/c1-25-11-15(12-6-4-7-14(21)9-12)18(19(25)27)17(26)10-13-5-2-3-8-16(13)20(22,23)24/h2-9,15,18H,10-11H2,1H3/t15-,18+/m1/s1. The molecule has 0 unspecified atom stereocenters. The quantitative estimate of drug-likeness (QED) is 0.598. The first-order valence-corrected chi connectivity index (χ1v) is 8.36. The molecule has 1 aliphatic heterocycles. The number of Topliss-reactive ketones (excluding diaryl/α,β-unsaturated/α-hetero) is 1. The molecule has 1 heterocycles. The van der Waals surface area contributed by atoms with Gasteiger partial charge in [-0.25, -0.2) is 4.39 Å². The number of likely N-dealkylation sites (tertiary alicyclic amines) is 1. The summed E-state index contributed by atoms with van der Waals surface area (Å²) in [5.74, 6) is -3.28. The van der Waals surface area contributed by atoms with Gasteiger partial charge in [0.15, 0.2) is 0 Å². The summed E-state index contributed by atoms with van der Waals surface area (Å²) in [6, 6.07) is 10.4. The summed E-state index contributed by atoms with van der Waals surface area (Å²) in [4.78, 5) is 26.6. The minimum absolute atomic E-state index is 0.171. The predicted octanol–water partition coefficient (Wildman–Crippen LogP) is 3.83. The van der Waals surface area contributed by atoms with E-state index in [9.17, 15) is 27.2 Å². The van der Waals surface area contributed by atoms with Crippen molar-refractivity contribution in [2.24, 2.45) is 5.92 Å². The van der Waals surface area contributed by atoms with E-state index >= 15 is 0 Å². The first kappa shape index (κ1) is 19.1. The summed E-state index contributed by atoms with van der Waals surface area (Å²) in [6.45, 7) is 0.208. The molecule has 1 aliphatic rings. The fourth-order valence-corrected chi connectivity index (χ4v) is 3.55. The number of ketones is 1. The second kappa shape index (κ2) is 7.13. The summed E-state index contributed by atoms with van der Waals surface area (Å²) in [7, 11) is 1.52. The number of rotatable bonds is 4. The number of nitrogens with zero attached hydrogens (tertiary/aromatic N) is 1. The van der Waals surface area contributed by atoms with Crippen LogP contribution in [-0.4, -0.2) is 30.2 Å². The maximum atomic E-state index is 13.6. The fraction of sp³-hybridized carbons (Fsp3) is 0.300. The van der Waals surface area contributed by atoms with Gasteiger partial charge in [-0.3, -0.25) is 9.59 Å². The van der Waals surface area contributed by atoms with Crippen molar-refractivity contribution in [1.29, 1.82) is 0 Å². The highest BCUT2D eigenvalue weighted by molar-refractivity contribution is 6.04. The molecule has 0 radical (unpaired) electrons. The first-order chi connectivity index (χ1) is 12.7. The van der Waals surface area contributed by atoms with Gasteiger partial charge in [0.1, 0.15) is 17.5 Å². The number of halogens is 4. The normalized spacial score (nSPS) is 20.2. The molecule has 3 nitrogen and oxygen atoms in total. The van der Waals surface area contributed by atoms with Crippen molar-refractivity contribution in [2.75, 3.05) is 13.6 Å². The molecule has 1 amide bonds. The van der Waals surface area contributed by atoms with E-state index in [1.165, 1.54) is 48.3 Å². The molecule has 1 fully saturated rings. The second-order valence-corrected chi connectivity index (χ2v) is 6.66. The molecular formula is C20H17F4NO2. The number of alkyl halides is 3. The van der Waals surface area contributed by atoms with Gasteiger partial charge in [0.05, 0.1) is 5.56 Å². The Bertz CT molecular complexity index is 878. The summed E-state index contributed by atoms with van der Waals surface area (Å²) in [5.41, 5.74) is -0.579. The third-order valence-corrected chi connectivity index (χ3v) is 4.83. The molecule has 0 spiro atoms. The number of carbonyl (C=O) groups excluding carboxylic acids is 2. The Labute approximate surface area is 153 Å². The van der Waals surface area contributed by atoms with Gasteiger partial charge in [-0.15, -0.1) is 0 Å². The van der Waals surface area contributed by atoms with E-state index in [2.05, 4.69) is 0 Å². The van der Waals surface area contributed by atoms with Crippen molar-refractivity contribution in [3.63, 3.8) is 0 Å². The number of carbonyl (C=O) groups is 2. The summed E-state index contributed by atoms with van der Waals surface area (Å²) < 4.78 is 53.1. The molecular weight excluding hydrogens is 362 g/mol. The zero-order valence-electron chi connectivity index (χ0n) is 14.5. The second-order valence-electron chi connectivity index (χ2n) is 6.66. The van der Waals surface area contributed by atoms with Crippen LogP contribution in [0.5, 0.6) is 0 Å². The maximum Gasteiger partial charge on any atom is 0.416 e. The predicted molar refractivity (Wildman–Crippen MR) is 90.4 cm³/mol. The lowest BCUT2D eigenvalue weighted by Crippen LogP contribution is -2.30. The van der Waals surface area contributed by atoms with Crippen LogP contribution in [0.15, 0.2) is 48.5 Å². The summed E-state index contributed by atoms with van der Waals surface area (Å²) in [6.07, 6.45) is -5.10. The Morgan fingerprint density at radius 2 is 1.85 bits per heavy atom. The minimum Gasteiger partial charge on any atom is -0.344 e. The first-order valence-electron chi connectivity index (χ1n) is 8.36. The monoisotopic (exact) mass is 379 g/mol. The third-order valence-electron chi connectivity index (χ3n) is 4.83. The van der Waals surface area contributed by atoms with Gasteiger partial charge in [0, 0.05) is 25.9 Å². The summed E-state index contributed by atoms with van der Waals surface area (Å²) >= 11 is 0. The van der Waals surface area contributed by atoms with Gasteiger partial charge in [-0.1, -0.05) is 30.3 Å². The average molecular weight is 379 g/mol. The van der Waals surface area contributed by atoms with E-state index in [1.54, 1.807) is 6.07 Å². The molecule has 142 valence electrons. The van der Waals surface area contributed by atoms with E-state index in [4.69, 9.17) is 0 Å². The zero-order valence-corrected chi connectivity index (χ0v) is 14.5. The molecule has 0 saturated carbocycles. The molecule has 7 heteroatoms. The van der Waals surface area contributed by atoms with Gasteiger partial charge < -0.3 is 4.90 Å². The Kier molecular flexibility index (Phi) is 5.04. The van der Waals surface area contributed by atoms with E-state index in [0.29, 0.717) is 5.56 Å². The van der Waals surface area contributed by atoms with Crippen molar-refractivity contribution in [2.45, 2.75) is 18.5 Å². The van der Waals surface area contributed by atoms with Crippen LogP contribution >= 0.6 is 0 Å². The van der Waals surface area contributed by atoms with Crippen LogP contribution in [0.4, 0.5) is 17.6 Å². The largest absolute Gasteiger partial charge is 0.416 e. The molecule has 1 saturated heterocycles. The van der Waals surface area contributed by atoms with Crippen molar-refractivity contribution < 1.29 is 27.2 Å². The molecule has 2 atom stereocenters. The lowest BCUT2D eigenvalue weighted by Gasteiger charge is -2.18. The Balaban J connectivity index is 1.92. The van der Waals surface area contributed by atoms with Gasteiger partial charge in [-0.2, -0.15) is 13.2 Å². The highest BCUT2D eigenvalue weighted by Crippen LogP contribution is 2.36. The van der Waals surface area contributed by atoms with Crippen LogP contribution in [0.1, 0.15) is 22.6 Å². The zero-order chi connectivity index (χ0) is 19.8. The number of hydrogen-bond donors (Lipinski definition) is 0. The molecule has 27 heavy (non-hydrogen) atoms. The molecule has 0 aromatic heterocycles. The van der Waals surface area contributed by atoms with Gasteiger partial charge in [0.25, 0.3) is 0 Å². The van der Waals surface area contributed by atoms with Crippen LogP contribution < -0.4 is 0 Å². The highest BCUT2D eigenvalue weighted by atomic mass is 19.4. The molecule has 3 rings (SSSR count). The topological polar surface area (TPSA) is 37.4 Å². The highest BCUT2D eigenvalue weighted by Gasteiger charge is 2.44. The molecule has 0 aliphatic carbocycles. The van der Waals surface area contributed by atoms with Crippen LogP contribution in [-0.2, 0) is 22.2 Å². The third kappa shape index (κ3) is 3.86. The fourth-order valence-electron chi connectivity index (χ4n) is 3.55. The van der Waals surface area contributed by atoms with Crippen molar-refractivity contribution in [3.8, 4) is 0 Å². The van der Waals surface area contributed by atoms with Crippen molar-refractivity contribution >= 4 is 11.7 Å². The number of likely N-dealkylation sites (N-methyl/N-ethyl adjacent to an activating group) is 1. The smallest absolute Gasteiger partial charge is 0.344 e. The minimum atomic E-state index is -4.59. The van der Waals surface area contributed by atoms with E-state index in [1.807, 2.05) is 0 Å². The van der Waals surface area contributed by atoms with Crippen LogP contribution in [0.3, 0.4) is 0 Å².